The maximum absolute atomic E-state index is 11.7. The Bertz CT molecular complexity index is 351. The first-order chi connectivity index (χ1) is 8.32. The molecule has 0 radical (unpaired) electrons. The number of likely N-dealkylation sites (tertiary alicyclic amines) is 1. The van der Waals surface area contributed by atoms with Crippen molar-refractivity contribution in [2.45, 2.75) is 25.8 Å². The molecule has 1 aliphatic rings. The van der Waals surface area contributed by atoms with Crippen LogP contribution in [-0.2, 0) is 14.4 Å². The lowest BCUT2D eigenvalue weighted by Crippen LogP contribution is -2.57. The Morgan fingerprint density at radius 2 is 1.89 bits per heavy atom. The lowest BCUT2D eigenvalue weighted by atomic mass is 9.86. The lowest BCUT2D eigenvalue weighted by molar-refractivity contribution is -0.151. The van der Waals surface area contributed by atoms with Crippen molar-refractivity contribution in [3.8, 4) is 0 Å². The summed E-state index contributed by atoms with van der Waals surface area (Å²) in [6.45, 7) is 2.37. The van der Waals surface area contributed by atoms with Crippen molar-refractivity contribution < 1.29 is 24.6 Å². The molecule has 7 heteroatoms. The van der Waals surface area contributed by atoms with Gasteiger partial charge >= 0.3 is 11.9 Å². The summed E-state index contributed by atoms with van der Waals surface area (Å²) in [5.41, 5.74) is 5.59. The fourth-order valence-corrected chi connectivity index (χ4v) is 1.85. The highest BCUT2D eigenvalue weighted by molar-refractivity contribution is 5.83. The van der Waals surface area contributed by atoms with Crippen LogP contribution in [0.3, 0.4) is 0 Å². The first kappa shape index (κ1) is 14.4. The molecule has 1 saturated heterocycles. The minimum absolute atomic E-state index is 0.0434. The highest BCUT2D eigenvalue weighted by Crippen LogP contribution is 2.24. The molecule has 0 aromatic rings. The molecule has 1 rings (SSSR count). The Morgan fingerprint density at radius 3 is 2.33 bits per heavy atom. The van der Waals surface area contributed by atoms with Crippen LogP contribution in [0.4, 0.5) is 0 Å². The number of nitrogens with two attached hydrogens (primary N) is 1. The molecular formula is C11H18N2O5. The van der Waals surface area contributed by atoms with Crippen molar-refractivity contribution in [2.75, 3.05) is 13.1 Å². The summed E-state index contributed by atoms with van der Waals surface area (Å²) >= 11 is 0. The minimum atomic E-state index is -0.987. The van der Waals surface area contributed by atoms with Gasteiger partial charge in [0, 0.05) is 25.4 Å². The highest BCUT2D eigenvalue weighted by atomic mass is 16.4. The number of nitrogens with zero attached hydrogens (tertiary/aromatic N) is 1. The summed E-state index contributed by atoms with van der Waals surface area (Å²) in [6.07, 6.45) is -0.0421. The molecule has 0 aromatic heterocycles. The van der Waals surface area contributed by atoms with Gasteiger partial charge in [-0.3, -0.25) is 14.4 Å². The SMILES string of the molecule is CC(C(=O)O)C1CN(C(=O)C(N)CCC(=O)O)C1. The van der Waals surface area contributed by atoms with Crippen LogP contribution in [0, 0.1) is 11.8 Å². The van der Waals surface area contributed by atoms with Crippen LogP contribution < -0.4 is 5.73 Å². The predicted octanol–water partition coefficient (Wildman–Crippen LogP) is -0.642. The van der Waals surface area contributed by atoms with Crippen molar-refractivity contribution in [3.63, 3.8) is 0 Å². The molecule has 1 fully saturated rings. The normalized spacial score (nSPS) is 18.9. The molecule has 0 aromatic carbocycles. The van der Waals surface area contributed by atoms with Gasteiger partial charge in [0.1, 0.15) is 0 Å². The zero-order chi connectivity index (χ0) is 13.9. The Morgan fingerprint density at radius 1 is 1.33 bits per heavy atom. The monoisotopic (exact) mass is 258 g/mol. The molecule has 1 heterocycles. The van der Waals surface area contributed by atoms with Gasteiger partial charge < -0.3 is 20.8 Å². The average molecular weight is 258 g/mol. The summed E-state index contributed by atoms with van der Waals surface area (Å²) in [7, 11) is 0. The molecule has 0 aliphatic carbocycles. The summed E-state index contributed by atoms with van der Waals surface area (Å²) in [4.78, 5) is 34.3. The Labute approximate surface area is 105 Å². The number of amides is 1. The zero-order valence-electron chi connectivity index (χ0n) is 10.2. The van der Waals surface area contributed by atoms with Crippen LogP contribution in [0.2, 0.25) is 0 Å². The third kappa shape index (κ3) is 3.43. The number of aliphatic carboxylic acids is 2. The van der Waals surface area contributed by atoms with Crippen molar-refractivity contribution in [1.82, 2.24) is 4.90 Å². The van der Waals surface area contributed by atoms with Crippen LogP contribution in [0.25, 0.3) is 0 Å². The molecule has 0 saturated carbocycles. The van der Waals surface area contributed by atoms with Gasteiger partial charge in [0.25, 0.3) is 0 Å². The fraction of sp³-hybridized carbons (Fsp3) is 0.727. The van der Waals surface area contributed by atoms with E-state index in [4.69, 9.17) is 15.9 Å². The van der Waals surface area contributed by atoms with E-state index in [2.05, 4.69) is 0 Å². The van der Waals surface area contributed by atoms with Crippen LogP contribution in [0.5, 0.6) is 0 Å². The van der Waals surface area contributed by atoms with E-state index < -0.39 is 23.9 Å². The molecule has 2 unspecified atom stereocenters. The second-order valence-electron chi connectivity index (χ2n) is 4.67. The van der Waals surface area contributed by atoms with E-state index >= 15 is 0 Å². The van der Waals surface area contributed by atoms with E-state index in [-0.39, 0.29) is 24.7 Å². The van der Waals surface area contributed by atoms with E-state index in [1.165, 1.54) is 4.90 Å². The number of carboxylic acids is 2. The fourth-order valence-electron chi connectivity index (χ4n) is 1.85. The summed E-state index contributed by atoms with van der Waals surface area (Å²) in [6, 6.07) is -0.817. The molecule has 0 bridgehead atoms. The van der Waals surface area contributed by atoms with E-state index in [9.17, 15) is 14.4 Å². The highest BCUT2D eigenvalue weighted by Gasteiger charge is 2.38. The molecule has 2 atom stereocenters. The van der Waals surface area contributed by atoms with Crippen molar-refractivity contribution in [1.29, 1.82) is 0 Å². The van der Waals surface area contributed by atoms with Crippen LogP contribution >= 0.6 is 0 Å². The largest absolute Gasteiger partial charge is 0.481 e. The van der Waals surface area contributed by atoms with E-state index in [0.717, 1.165) is 0 Å². The molecular weight excluding hydrogens is 240 g/mol. The van der Waals surface area contributed by atoms with Gasteiger partial charge in [0.2, 0.25) is 5.91 Å². The number of carboxylic acid groups (broad SMARTS) is 2. The Hall–Kier alpha value is -1.63. The molecule has 1 amide bonds. The summed E-state index contributed by atoms with van der Waals surface area (Å²) < 4.78 is 0. The van der Waals surface area contributed by atoms with Gasteiger partial charge in [0.15, 0.2) is 0 Å². The second kappa shape index (κ2) is 5.81. The smallest absolute Gasteiger partial charge is 0.306 e. The molecule has 1 aliphatic heterocycles. The topological polar surface area (TPSA) is 121 Å². The standard InChI is InChI=1S/C11H18N2O5/c1-6(11(17)18)7-4-13(5-7)10(16)8(12)2-3-9(14)15/h6-8H,2-5,12H2,1H3,(H,14,15)(H,17,18). The predicted molar refractivity (Wildman–Crippen MR) is 61.7 cm³/mol. The summed E-state index contributed by atoms with van der Waals surface area (Å²) in [5, 5.41) is 17.3. The molecule has 4 N–H and O–H groups in total. The first-order valence-corrected chi connectivity index (χ1v) is 5.82. The molecule has 7 nitrogen and oxygen atoms in total. The van der Waals surface area contributed by atoms with Crippen LogP contribution in [-0.4, -0.2) is 52.1 Å². The molecule has 18 heavy (non-hydrogen) atoms. The van der Waals surface area contributed by atoms with E-state index in [1.54, 1.807) is 6.92 Å². The number of hydrogen-bond acceptors (Lipinski definition) is 4. The number of rotatable bonds is 6. The Balaban J connectivity index is 2.34. The van der Waals surface area contributed by atoms with Gasteiger partial charge in [-0.1, -0.05) is 6.92 Å². The summed E-state index contributed by atoms with van der Waals surface area (Å²) in [5.74, 6) is -2.69. The van der Waals surface area contributed by atoms with Crippen molar-refractivity contribution >= 4 is 17.8 Å². The number of hydrogen-bond donors (Lipinski definition) is 3. The van der Waals surface area contributed by atoms with Gasteiger partial charge in [-0.25, -0.2) is 0 Å². The van der Waals surface area contributed by atoms with Crippen molar-refractivity contribution in [2.24, 2.45) is 17.6 Å². The minimum Gasteiger partial charge on any atom is -0.481 e. The number of carbonyl (C=O) groups excluding carboxylic acids is 1. The molecule has 102 valence electrons. The first-order valence-electron chi connectivity index (χ1n) is 5.82. The van der Waals surface area contributed by atoms with Crippen LogP contribution in [0.1, 0.15) is 19.8 Å². The maximum atomic E-state index is 11.7. The third-order valence-electron chi connectivity index (χ3n) is 3.30. The number of carbonyl (C=O) groups is 3. The average Bonchev–Trinajstić information content (AvgIpc) is 2.23. The van der Waals surface area contributed by atoms with E-state index in [0.29, 0.717) is 13.1 Å². The Kier molecular flexibility index (Phi) is 4.66. The second-order valence-corrected chi connectivity index (χ2v) is 4.67. The maximum Gasteiger partial charge on any atom is 0.306 e. The van der Waals surface area contributed by atoms with Gasteiger partial charge in [-0.15, -0.1) is 0 Å². The van der Waals surface area contributed by atoms with Gasteiger partial charge in [-0.05, 0) is 6.42 Å². The van der Waals surface area contributed by atoms with Gasteiger partial charge in [0.05, 0.1) is 12.0 Å². The van der Waals surface area contributed by atoms with Gasteiger partial charge in [-0.2, -0.15) is 0 Å². The third-order valence-corrected chi connectivity index (χ3v) is 3.30. The zero-order valence-corrected chi connectivity index (χ0v) is 10.2. The molecule has 0 spiro atoms. The van der Waals surface area contributed by atoms with Crippen molar-refractivity contribution in [3.05, 3.63) is 0 Å². The van der Waals surface area contributed by atoms with Crippen LogP contribution in [0.15, 0.2) is 0 Å². The lowest BCUT2D eigenvalue weighted by Gasteiger charge is -2.42. The quantitative estimate of drug-likeness (QED) is 0.582. The van der Waals surface area contributed by atoms with E-state index in [1.807, 2.05) is 0 Å².